The molecule has 2 atom stereocenters. The van der Waals surface area contributed by atoms with Gasteiger partial charge in [-0.25, -0.2) is 8.42 Å². The van der Waals surface area contributed by atoms with E-state index in [1.54, 1.807) is 0 Å². The standard InChI is InChI=1S/C14H28N2O2S/c1-3-15-12(2)14-10-6-7-11-16(14)19(17,18)13-8-4-5-9-13/h12-15H,3-11H2,1-2H3. The minimum Gasteiger partial charge on any atom is -0.313 e. The average Bonchev–Trinajstić information content (AvgIpc) is 2.93. The van der Waals surface area contributed by atoms with Gasteiger partial charge >= 0.3 is 0 Å². The van der Waals surface area contributed by atoms with Crippen LogP contribution in [-0.2, 0) is 10.0 Å². The molecular weight excluding hydrogens is 260 g/mol. The quantitative estimate of drug-likeness (QED) is 0.843. The van der Waals surface area contributed by atoms with Crippen molar-refractivity contribution < 1.29 is 8.42 Å². The van der Waals surface area contributed by atoms with E-state index in [-0.39, 0.29) is 17.3 Å². The predicted molar refractivity (Wildman–Crippen MR) is 78.7 cm³/mol. The summed E-state index contributed by atoms with van der Waals surface area (Å²) >= 11 is 0. The van der Waals surface area contributed by atoms with E-state index in [0.29, 0.717) is 0 Å². The third-order valence-corrected chi connectivity index (χ3v) is 7.07. The minimum absolute atomic E-state index is 0.109. The summed E-state index contributed by atoms with van der Waals surface area (Å²) in [4.78, 5) is 0. The highest BCUT2D eigenvalue weighted by atomic mass is 32.2. The molecule has 0 radical (unpaired) electrons. The van der Waals surface area contributed by atoms with Crippen molar-refractivity contribution in [2.75, 3.05) is 13.1 Å². The van der Waals surface area contributed by atoms with Crippen molar-refractivity contribution in [3.8, 4) is 0 Å². The van der Waals surface area contributed by atoms with Crippen molar-refractivity contribution in [2.45, 2.75) is 76.1 Å². The van der Waals surface area contributed by atoms with Crippen LogP contribution in [0.25, 0.3) is 0 Å². The molecule has 0 aromatic carbocycles. The summed E-state index contributed by atoms with van der Waals surface area (Å²) < 4.78 is 27.4. The molecule has 2 rings (SSSR count). The van der Waals surface area contributed by atoms with E-state index in [0.717, 1.165) is 58.0 Å². The Morgan fingerprint density at radius 1 is 1.16 bits per heavy atom. The molecule has 2 fully saturated rings. The Bertz CT molecular complexity index is 377. The van der Waals surface area contributed by atoms with Gasteiger partial charge in [0.25, 0.3) is 0 Å². The zero-order valence-electron chi connectivity index (χ0n) is 12.3. The van der Waals surface area contributed by atoms with Crippen LogP contribution in [0.3, 0.4) is 0 Å². The fraction of sp³-hybridized carbons (Fsp3) is 1.00. The Morgan fingerprint density at radius 2 is 1.79 bits per heavy atom. The summed E-state index contributed by atoms with van der Waals surface area (Å²) in [5.41, 5.74) is 0. The van der Waals surface area contributed by atoms with E-state index < -0.39 is 10.0 Å². The van der Waals surface area contributed by atoms with Gasteiger partial charge in [-0.3, -0.25) is 0 Å². The molecule has 0 spiro atoms. The number of rotatable bonds is 5. The molecule has 0 bridgehead atoms. The highest BCUT2D eigenvalue weighted by Gasteiger charge is 2.40. The van der Waals surface area contributed by atoms with Crippen LogP contribution in [0.1, 0.15) is 58.8 Å². The lowest BCUT2D eigenvalue weighted by molar-refractivity contribution is 0.208. The monoisotopic (exact) mass is 288 g/mol. The number of likely N-dealkylation sites (N-methyl/N-ethyl adjacent to an activating group) is 1. The first-order valence-corrected chi connectivity index (χ1v) is 9.31. The molecule has 5 heteroatoms. The zero-order valence-corrected chi connectivity index (χ0v) is 13.1. The van der Waals surface area contributed by atoms with Crippen molar-refractivity contribution >= 4 is 10.0 Å². The van der Waals surface area contributed by atoms with Crippen LogP contribution in [0.5, 0.6) is 0 Å². The maximum atomic E-state index is 12.8. The molecule has 1 saturated carbocycles. The minimum atomic E-state index is -3.08. The largest absolute Gasteiger partial charge is 0.313 e. The number of sulfonamides is 1. The molecule has 1 heterocycles. The zero-order chi connectivity index (χ0) is 13.9. The second kappa shape index (κ2) is 6.55. The highest BCUT2D eigenvalue weighted by molar-refractivity contribution is 7.89. The lowest BCUT2D eigenvalue weighted by atomic mass is 9.99. The van der Waals surface area contributed by atoms with Crippen molar-refractivity contribution in [2.24, 2.45) is 0 Å². The molecule has 2 unspecified atom stereocenters. The molecule has 112 valence electrons. The van der Waals surface area contributed by atoms with E-state index >= 15 is 0 Å². The number of hydrogen-bond acceptors (Lipinski definition) is 3. The maximum Gasteiger partial charge on any atom is 0.217 e. The lowest BCUT2D eigenvalue weighted by Gasteiger charge is -2.39. The van der Waals surface area contributed by atoms with Crippen molar-refractivity contribution in [1.82, 2.24) is 9.62 Å². The predicted octanol–water partition coefficient (Wildman–Crippen LogP) is 2.11. The van der Waals surface area contributed by atoms with Crippen molar-refractivity contribution in [1.29, 1.82) is 0 Å². The maximum absolute atomic E-state index is 12.8. The van der Waals surface area contributed by atoms with Crippen molar-refractivity contribution in [3.63, 3.8) is 0 Å². The fourth-order valence-corrected chi connectivity index (χ4v) is 5.94. The van der Waals surface area contributed by atoms with Gasteiger partial charge in [0.1, 0.15) is 0 Å². The summed E-state index contributed by atoms with van der Waals surface area (Å²) in [7, 11) is -3.08. The second-order valence-corrected chi connectivity index (χ2v) is 8.14. The van der Waals surface area contributed by atoms with Crippen molar-refractivity contribution in [3.05, 3.63) is 0 Å². The van der Waals surface area contributed by atoms with E-state index in [1.165, 1.54) is 0 Å². The van der Waals surface area contributed by atoms with E-state index in [1.807, 2.05) is 4.31 Å². The van der Waals surface area contributed by atoms with Gasteiger partial charge in [-0.05, 0) is 39.2 Å². The topological polar surface area (TPSA) is 49.4 Å². The van der Waals surface area contributed by atoms with Gasteiger partial charge in [0.15, 0.2) is 0 Å². The van der Waals surface area contributed by atoms with Crippen LogP contribution in [0.4, 0.5) is 0 Å². The molecule has 0 aromatic heterocycles. The molecule has 1 aliphatic heterocycles. The molecule has 2 aliphatic rings. The number of nitrogens with one attached hydrogen (secondary N) is 1. The van der Waals surface area contributed by atoms with Gasteiger partial charge in [-0.1, -0.05) is 26.2 Å². The SMILES string of the molecule is CCNC(C)C1CCCCN1S(=O)(=O)C1CCCC1. The summed E-state index contributed by atoms with van der Waals surface area (Å²) in [6.07, 6.45) is 7.04. The van der Waals surface area contributed by atoms with Gasteiger partial charge in [0.2, 0.25) is 10.0 Å². The summed E-state index contributed by atoms with van der Waals surface area (Å²) in [6.45, 7) is 5.82. The van der Waals surface area contributed by atoms with Crippen LogP contribution in [0.15, 0.2) is 0 Å². The molecule has 1 saturated heterocycles. The number of piperidine rings is 1. The third-order valence-electron chi connectivity index (χ3n) is 4.65. The van der Waals surface area contributed by atoms with Crippen LogP contribution in [0, 0.1) is 0 Å². The fourth-order valence-electron chi connectivity index (χ4n) is 3.58. The second-order valence-electron chi connectivity index (χ2n) is 5.97. The summed E-state index contributed by atoms with van der Waals surface area (Å²) in [6, 6.07) is 0.403. The first kappa shape index (κ1) is 15.3. The molecule has 0 aromatic rings. The van der Waals surface area contributed by atoms with E-state index in [4.69, 9.17) is 0 Å². The molecule has 4 nitrogen and oxygen atoms in total. The molecular formula is C14H28N2O2S. The number of hydrogen-bond donors (Lipinski definition) is 1. The molecule has 19 heavy (non-hydrogen) atoms. The van der Waals surface area contributed by atoms with Gasteiger partial charge < -0.3 is 5.32 Å². The van der Waals surface area contributed by atoms with Gasteiger partial charge in [-0.15, -0.1) is 0 Å². The Labute approximate surface area is 118 Å². The average molecular weight is 288 g/mol. The smallest absolute Gasteiger partial charge is 0.217 e. The summed E-state index contributed by atoms with van der Waals surface area (Å²) in [5.74, 6) is 0. The summed E-state index contributed by atoms with van der Waals surface area (Å²) in [5, 5.41) is 3.29. The van der Waals surface area contributed by atoms with Crippen LogP contribution >= 0.6 is 0 Å². The lowest BCUT2D eigenvalue weighted by Crippen LogP contribution is -2.54. The Balaban J connectivity index is 2.14. The third kappa shape index (κ3) is 3.31. The molecule has 1 aliphatic carbocycles. The van der Waals surface area contributed by atoms with E-state index in [2.05, 4.69) is 19.2 Å². The van der Waals surface area contributed by atoms with E-state index in [9.17, 15) is 8.42 Å². The first-order valence-electron chi connectivity index (χ1n) is 7.81. The number of nitrogens with zero attached hydrogens (tertiary/aromatic N) is 1. The van der Waals surface area contributed by atoms with Crippen LogP contribution in [0.2, 0.25) is 0 Å². The molecule has 1 N–H and O–H groups in total. The normalized spacial score (nSPS) is 28.6. The van der Waals surface area contributed by atoms with Crippen LogP contribution < -0.4 is 5.32 Å². The van der Waals surface area contributed by atoms with Gasteiger partial charge in [0.05, 0.1) is 5.25 Å². The Morgan fingerprint density at radius 3 is 2.42 bits per heavy atom. The first-order chi connectivity index (χ1) is 9.07. The Kier molecular flexibility index (Phi) is 5.26. The van der Waals surface area contributed by atoms with Gasteiger partial charge in [0, 0.05) is 18.6 Å². The molecule has 0 amide bonds. The van der Waals surface area contributed by atoms with Gasteiger partial charge in [-0.2, -0.15) is 4.31 Å². The highest BCUT2D eigenvalue weighted by Crippen LogP contribution is 2.31. The Hall–Kier alpha value is -0.130. The van der Waals surface area contributed by atoms with Crippen LogP contribution in [-0.4, -0.2) is 43.1 Å².